The molecule has 0 radical (unpaired) electrons. The van der Waals surface area contributed by atoms with E-state index in [0.29, 0.717) is 23.0 Å². The molecule has 0 aromatic heterocycles. The highest BCUT2D eigenvalue weighted by Gasteiger charge is 2.19. The minimum Gasteiger partial charge on any atom is -0.316 e. The summed E-state index contributed by atoms with van der Waals surface area (Å²) in [7, 11) is -3.46. The number of rotatable bonds is 5. The highest BCUT2D eigenvalue weighted by molar-refractivity contribution is 7.89. The summed E-state index contributed by atoms with van der Waals surface area (Å²) in [5.41, 5.74) is 0.708. The van der Waals surface area contributed by atoms with E-state index < -0.39 is 10.0 Å². The van der Waals surface area contributed by atoms with E-state index in [9.17, 15) is 8.42 Å². The monoisotopic (exact) mass is 338 g/mol. The molecule has 7 heteroatoms. The number of nitrogens with one attached hydrogen (secondary N) is 2. The molecule has 1 saturated heterocycles. The van der Waals surface area contributed by atoms with E-state index in [1.54, 1.807) is 19.1 Å². The zero-order valence-electron chi connectivity index (χ0n) is 11.4. The van der Waals surface area contributed by atoms with Crippen molar-refractivity contribution in [2.24, 2.45) is 5.92 Å². The first-order valence-electron chi connectivity index (χ1n) is 6.45. The fraction of sp³-hybridized carbons (Fsp3) is 0.538. The largest absolute Gasteiger partial charge is 0.316 e. The Bertz CT molecular complexity index is 543. The van der Waals surface area contributed by atoms with Crippen LogP contribution in [-0.2, 0) is 10.0 Å². The van der Waals surface area contributed by atoms with Gasteiger partial charge in [0.15, 0.2) is 0 Å². The lowest BCUT2D eigenvalue weighted by molar-refractivity contribution is 0.519. The number of hydrogen-bond donors (Lipinski definition) is 2. The van der Waals surface area contributed by atoms with Gasteiger partial charge in [-0.05, 0) is 56.5 Å². The summed E-state index contributed by atoms with van der Waals surface area (Å²) in [4.78, 5) is 0.268. The van der Waals surface area contributed by atoms with E-state index in [1.807, 2.05) is 0 Å². The summed E-state index contributed by atoms with van der Waals surface area (Å²) in [6, 6.07) is 4.91. The van der Waals surface area contributed by atoms with Crippen molar-refractivity contribution >= 4 is 34.0 Å². The molecule has 0 saturated carbocycles. The average molecular weight is 339 g/mol. The minimum atomic E-state index is -3.46. The molecule has 1 heterocycles. The maximum atomic E-state index is 12.2. The molecule has 0 bridgehead atoms. The molecule has 1 atom stereocenters. The van der Waals surface area contributed by atoms with Gasteiger partial charge in [0.25, 0.3) is 0 Å². The predicted octanol–water partition coefficient (Wildman–Crippen LogP) is 2.35. The number of halogens is 2. The van der Waals surface area contributed by atoms with Crippen LogP contribution in [0.15, 0.2) is 23.1 Å². The topological polar surface area (TPSA) is 58.2 Å². The van der Waals surface area contributed by atoms with E-state index in [4.69, 9.17) is 11.6 Å². The molecule has 2 N–H and O–H groups in total. The van der Waals surface area contributed by atoms with Crippen LogP contribution in [0.3, 0.4) is 0 Å². The fourth-order valence-electron chi connectivity index (χ4n) is 2.30. The van der Waals surface area contributed by atoms with Crippen LogP contribution < -0.4 is 10.0 Å². The van der Waals surface area contributed by atoms with Gasteiger partial charge in [-0.3, -0.25) is 0 Å². The molecule has 1 aromatic rings. The smallest absolute Gasteiger partial charge is 0.240 e. The summed E-state index contributed by atoms with van der Waals surface area (Å²) >= 11 is 5.86. The second kappa shape index (κ2) is 7.61. The van der Waals surface area contributed by atoms with Gasteiger partial charge >= 0.3 is 0 Å². The normalized spacial score (nSPS) is 18.8. The first kappa shape index (κ1) is 17.7. The van der Waals surface area contributed by atoms with Gasteiger partial charge in [0, 0.05) is 11.6 Å². The Morgan fingerprint density at radius 1 is 1.45 bits per heavy atom. The standard InChI is InChI=1S/C13H19ClN2O2S.ClH/c1-10-2-3-12(14)8-13(10)19(17,18)16-7-5-11-4-6-15-9-11;/h2-3,8,11,15-16H,4-7,9H2,1H3;1H. The van der Waals surface area contributed by atoms with Crippen LogP contribution in [0.1, 0.15) is 18.4 Å². The molecule has 20 heavy (non-hydrogen) atoms. The molecule has 4 nitrogen and oxygen atoms in total. The molecule has 0 spiro atoms. The lowest BCUT2D eigenvalue weighted by Crippen LogP contribution is -2.27. The second-order valence-electron chi connectivity index (χ2n) is 4.96. The van der Waals surface area contributed by atoms with Crippen molar-refractivity contribution in [1.82, 2.24) is 10.0 Å². The molecule has 0 aliphatic carbocycles. The summed E-state index contributed by atoms with van der Waals surface area (Å²) in [6.07, 6.45) is 1.99. The first-order valence-corrected chi connectivity index (χ1v) is 8.32. The summed E-state index contributed by atoms with van der Waals surface area (Å²) < 4.78 is 27.0. The molecule has 1 unspecified atom stereocenters. The lowest BCUT2D eigenvalue weighted by atomic mass is 10.1. The third-order valence-corrected chi connectivity index (χ3v) is 5.28. The molecule has 0 amide bonds. The van der Waals surface area contributed by atoms with E-state index in [0.717, 1.165) is 25.9 Å². The Morgan fingerprint density at radius 2 is 2.20 bits per heavy atom. The number of sulfonamides is 1. The van der Waals surface area contributed by atoms with Crippen molar-refractivity contribution in [3.63, 3.8) is 0 Å². The van der Waals surface area contributed by atoms with E-state index in [2.05, 4.69) is 10.0 Å². The quantitative estimate of drug-likeness (QED) is 0.866. The van der Waals surface area contributed by atoms with E-state index in [-0.39, 0.29) is 17.3 Å². The summed E-state index contributed by atoms with van der Waals surface area (Å²) in [5.74, 6) is 0.572. The summed E-state index contributed by atoms with van der Waals surface area (Å²) in [6.45, 7) is 4.26. The SMILES string of the molecule is Cc1ccc(Cl)cc1S(=O)(=O)NCCC1CCNC1.Cl. The van der Waals surface area contributed by atoms with Crippen LogP contribution in [0.25, 0.3) is 0 Å². The maximum absolute atomic E-state index is 12.2. The van der Waals surface area contributed by atoms with Gasteiger partial charge in [-0.1, -0.05) is 17.7 Å². The first-order chi connectivity index (χ1) is 8.99. The molecule has 1 aromatic carbocycles. The van der Waals surface area contributed by atoms with Crippen LogP contribution in [0.2, 0.25) is 5.02 Å². The highest BCUT2D eigenvalue weighted by Crippen LogP contribution is 2.20. The molecule has 1 fully saturated rings. The molecule has 114 valence electrons. The van der Waals surface area contributed by atoms with Gasteiger partial charge in [0.05, 0.1) is 4.90 Å². The van der Waals surface area contributed by atoms with E-state index >= 15 is 0 Å². The van der Waals surface area contributed by atoms with Gasteiger partial charge < -0.3 is 5.32 Å². The third kappa shape index (κ3) is 4.60. The van der Waals surface area contributed by atoms with E-state index in [1.165, 1.54) is 6.07 Å². The minimum absolute atomic E-state index is 0. The Labute approximate surface area is 131 Å². The Morgan fingerprint density at radius 3 is 2.85 bits per heavy atom. The molecule has 2 rings (SSSR count). The van der Waals surface area contributed by atoms with Crippen molar-refractivity contribution in [2.75, 3.05) is 19.6 Å². The number of hydrogen-bond acceptors (Lipinski definition) is 3. The maximum Gasteiger partial charge on any atom is 0.240 e. The average Bonchev–Trinajstić information content (AvgIpc) is 2.85. The Hall–Kier alpha value is -0.330. The van der Waals surface area contributed by atoms with Crippen molar-refractivity contribution < 1.29 is 8.42 Å². The van der Waals surface area contributed by atoms with Gasteiger partial charge in [0.1, 0.15) is 0 Å². The van der Waals surface area contributed by atoms with Crippen molar-refractivity contribution in [2.45, 2.75) is 24.7 Å². The Kier molecular flexibility index (Phi) is 6.75. The summed E-state index contributed by atoms with van der Waals surface area (Å²) in [5, 5.41) is 3.71. The van der Waals surface area contributed by atoms with Crippen LogP contribution in [0.4, 0.5) is 0 Å². The zero-order valence-corrected chi connectivity index (χ0v) is 13.7. The zero-order chi connectivity index (χ0) is 13.9. The molecular formula is C13H20Cl2N2O2S. The van der Waals surface area contributed by atoms with Crippen molar-refractivity contribution in [3.8, 4) is 0 Å². The highest BCUT2D eigenvalue weighted by atomic mass is 35.5. The van der Waals surface area contributed by atoms with Crippen LogP contribution in [0.5, 0.6) is 0 Å². The lowest BCUT2D eigenvalue weighted by Gasteiger charge is -2.11. The number of aryl methyl sites for hydroxylation is 1. The Balaban J connectivity index is 0.00000200. The van der Waals surface area contributed by atoms with Crippen LogP contribution in [0, 0.1) is 12.8 Å². The molecular weight excluding hydrogens is 319 g/mol. The second-order valence-corrected chi connectivity index (χ2v) is 7.13. The number of benzene rings is 1. The van der Waals surface area contributed by atoms with Gasteiger partial charge in [0.2, 0.25) is 10.0 Å². The van der Waals surface area contributed by atoms with Gasteiger partial charge in [-0.25, -0.2) is 13.1 Å². The van der Waals surface area contributed by atoms with Crippen molar-refractivity contribution in [1.29, 1.82) is 0 Å². The van der Waals surface area contributed by atoms with Crippen molar-refractivity contribution in [3.05, 3.63) is 28.8 Å². The molecule has 1 aliphatic rings. The van der Waals surface area contributed by atoms with Gasteiger partial charge in [-0.2, -0.15) is 0 Å². The van der Waals surface area contributed by atoms with Crippen LogP contribution in [-0.4, -0.2) is 28.1 Å². The molecule has 1 aliphatic heterocycles. The van der Waals surface area contributed by atoms with Crippen LogP contribution >= 0.6 is 24.0 Å². The fourth-order valence-corrected chi connectivity index (χ4v) is 3.85. The van der Waals surface area contributed by atoms with Gasteiger partial charge in [-0.15, -0.1) is 12.4 Å². The predicted molar refractivity (Wildman–Crippen MR) is 84.2 cm³/mol. The third-order valence-electron chi connectivity index (χ3n) is 3.45.